The summed E-state index contributed by atoms with van der Waals surface area (Å²) in [6.45, 7) is 0.883. The summed E-state index contributed by atoms with van der Waals surface area (Å²) in [6, 6.07) is 3.17. The summed E-state index contributed by atoms with van der Waals surface area (Å²) < 4.78 is 0. The first-order chi connectivity index (χ1) is 5.74. The molecule has 0 aliphatic heterocycles. The molecule has 1 fully saturated rings. The Bertz CT molecular complexity index is 173. The van der Waals surface area contributed by atoms with Crippen LogP contribution in [-0.2, 0) is 0 Å². The van der Waals surface area contributed by atoms with Crippen LogP contribution in [0.4, 0.5) is 0 Å². The van der Waals surface area contributed by atoms with E-state index in [0.717, 1.165) is 19.4 Å². The van der Waals surface area contributed by atoms with Crippen molar-refractivity contribution in [3.63, 3.8) is 0 Å². The highest BCUT2D eigenvalue weighted by molar-refractivity contribution is 4.84. The van der Waals surface area contributed by atoms with E-state index in [1.807, 2.05) is 0 Å². The average Bonchev–Trinajstić information content (AvgIpc) is 2.47. The fourth-order valence-corrected chi connectivity index (χ4v) is 1.80. The van der Waals surface area contributed by atoms with E-state index in [0.29, 0.717) is 18.5 Å². The van der Waals surface area contributed by atoms with Gasteiger partial charge in [0.1, 0.15) is 0 Å². The zero-order chi connectivity index (χ0) is 8.97. The van der Waals surface area contributed by atoms with E-state index in [1.54, 1.807) is 0 Å². The van der Waals surface area contributed by atoms with E-state index in [-0.39, 0.29) is 0 Å². The minimum absolute atomic E-state index is 0.388. The van der Waals surface area contributed by atoms with Gasteiger partial charge in [0, 0.05) is 25.0 Å². The van der Waals surface area contributed by atoms with Crippen molar-refractivity contribution in [1.82, 2.24) is 4.90 Å². The molecule has 12 heavy (non-hydrogen) atoms. The average molecular weight is 167 g/mol. The Balaban J connectivity index is 2.24. The smallest absolute Gasteiger partial charge is 0.0635 e. The number of hydrogen-bond acceptors (Lipinski definition) is 3. The molecule has 3 nitrogen and oxygen atoms in total. The first kappa shape index (κ1) is 9.50. The highest BCUT2D eigenvalue weighted by Gasteiger charge is 2.24. The van der Waals surface area contributed by atoms with Crippen LogP contribution in [0.15, 0.2) is 0 Å². The number of rotatable bonds is 3. The molecule has 1 saturated carbocycles. The predicted molar refractivity (Wildman–Crippen MR) is 48.5 cm³/mol. The van der Waals surface area contributed by atoms with E-state index in [1.165, 1.54) is 6.42 Å². The minimum atomic E-state index is 0.388. The van der Waals surface area contributed by atoms with Crippen molar-refractivity contribution in [3.05, 3.63) is 0 Å². The highest BCUT2D eigenvalue weighted by Crippen LogP contribution is 2.21. The number of nitrogens with two attached hydrogens (primary N) is 1. The first-order valence-electron chi connectivity index (χ1n) is 4.57. The molecule has 2 atom stereocenters. The predicted octanol–water partition coefficient (Wildman–Crippen LogP) is 0.712. The summed E-state index contributed by atoms with van der Waals surface area (Å²) >= 11 is 0. The van der Waals surface area contributed by atoms with Crippen molar-refractivity contribution in [1.29, 1.82) is 5.26 Å². The van der Waals surface area contributed by atoms with Gasteiger partial charge in [-0.05, 0) is 26.3 Å². The molecule has 0 radical (unpaired) electrons. The molecule has 0 spiro atoms. The SMILES string of the molecule is CN(CCC#N)C1CCC(N)C1. The Morgan fingerprint density at radius 1 is 1.58 bits per heavy atom. The second kappa shape index (κ2) is 4.44. The molecular weight excluding hydrogens is 150 g/mol. The quantitative estimate of drug-likeness (QED) is 0.673. The lowest BCUT2D eigenvalue weighted by Crippen LogP contribution is -2.31. The van der Waals surface area contributed by atoms with Crippen molar-refractivity contribution in [2.45, 2.75) is 37.8 Å². The van der Waals surface area contributed by atoms with Gasteiger partial charge in [0.2, 0.25) is 0 Å². The molecule has 0 aromatic carbocycles. The lowest BCUT2D eigenvalue weighted by atomic mass is 10.2. The van der Waals surface area contributed by atoms with Crippen molar-refractivity contribution in [2.24, 2.45) is 5.73 Å². The molecule has 0 saturated heterocycles. The van der Waals surface area contributed by atoms with Crippen LogP contribution in [0.1, 0.15) is 25.7 Å². The van der Waals surface area contributed by atoms with Gasteiger partial charge in [-0.2, -0.15) is 5.26 Å². The Morgan fingerprint density at radius 3 is 2.83 bits per heavy atom. The van der Waals surface area contributed by atoms with Gasteiger partial charge in [-0.1, -0.05) is 0 Å². The normalized spacial score (nSPS) is 29.2. The molecule has 1 aliphatic rings. The number of hydrogen-bond donors (Lipinski definition) is 1. The van der Waals surface area contributed by atoms with Gasteiger partial charge in [-0.15, -0.1) is 0 Å². The van der Waals surface area contributed by atoms with Gasteiger partial charge in [0.15, 0.2) is 0 Å². The van der Waals surface area contributed by atoms with E-state index in [2.05, 4.69) is 18.0 Å². The van der Waals surface area contributed by atoms with Gasteiger partial charge < -0.3 is 10.6 Å². The van der Waals surface area contributed by atoms with Gasteiger partial charge in [-0.3, -0.25) is 0 Å². The van der Waals surface area contributed by atoms with E-state index >= 15 is 0 Å². The summed E-state index contributed by atoms with van der Waals surface area (Å²) in [4.78, 5) is 2.26. The van der Waals surface area contributed by atoms with Crippen LogP contribution in [0.5, 0.6) is 0 Å². The van der Waals surface area contributed by atoms with Crippen LogP contribution in [0, 0.1) is 11.3 Å². The Hall–Kier alpha value is -0.590. The molecule has 68 valence electrons. The Labute approximate surface area is 74.1 Å². The van der Waals surface area contributed by atoms with Gasteiger partial charge in [-0.25, -0.2) is 0 Å². The first-order valence-corrected chi connectivity index (χ1v) is 4.57. The molecule has 0 bridgehead atoms. The minimum Gasteiger partial charge on any atom is -0.328 e. The van der Waals surface area contributed by atoms with Crippen LogP contribution in [-0.4, -0.2) is 30.6 Å². The molecular formula is C9H17N3. The highest BCUT2D eigenvalue weighted by atomic mass is 15.1. The zero-order valence-electron chi connectivity index (χ0n) is 7.66. The molecule has 3 heteroatoms. The molecule has 0 aromatic rings. The van der Waals surface area contributed by atoms with Gasteiger partial charge in [0.25, 0.3) is 0 Å². The summed E-state index contributed by atoms with van der Waals surface area (Å²) in [5.74, 6) is 0. The maximum Gasteiger partial charge on any atom is 0.0635 e. The van der Waals surface area contributed by atoms with E-state index in [4.69, 9.17) is 11.0 Å². The molecule has 1 aliphatic carbocycles. The van der Waals surface area contributed by atoms with Crippen molar-refractivity contribution in [3.8, 4) is 6.07 Å². The monoisotopic (exact) mass is 167 g/mol. The fraction of sp³-hybridized carbons (Fsp3) is 0.889. The topological polar surface area (TPSA) is 53.0 Å². The van der Waals surface area contributed by atoms with Crippen LogP contribution in [0.3, 0.4) is 0 Å². The maximum atomic E-state index is 8.41. The number of nitriles is 1. The summed E-state index contributed by atoms with van der Waals surface area (Å²) in [5.41, 5.74) is 5.80. The second-order valence-electron chi connectivity index (χ2n) is 3.62. The van der Waals surface area contributed by atoms with Crippen LogP contribution < -0.4 is 5.73 Å². The van der Waals surface area contributed by atoms with E-state index < -0.39 is 0 Å². The van der Waals surface area contributed by atoms with Gasteiger partial charge >= 0.3 is 0 Å². The zero-order valence-corrected chi connectivity index (χ0v) is 7.66. The number of nitrogens with zero attached hydrogens (tertiary/aromatic N) is 2. The summed E-state index contributed by atoms with van der Waals surface area (Å²) in [5, 5.41) is 8.41. The molecule has 2 N–H and O–H groups in total. The maximum absolute atomic E-state index is 8.41. The van der Waals surface area contributed by atoms with Crippen LogP contribution in [0.2, 0.25) is 0 Å². The molecule has 0 amide bonds. The van der Waals surface area contributed by atoms with Crippen molar-refractivity contribution in [2.75, 3.05) is 13.6 Å². The lowest BCUT2D eigenvalue weighted by Gasteiger charge is -2.22. The van der Waals surface area contributed by atoms with Crippen LogP contribution in [0.25, 0.3) is 0 Å². The molecule has 1 rings (SSSR count). The molecule has 0 heterocycles. The van der Waals surface area contributed by atoms with E-state index in [9.17, 15) is 0 Å². The molecule has 2 unspecified atom stereocenters. The Kier molecular flexibility index (Phi) is 3.51. The summed E-state index contributed by atoms with van der Waals surface area (Å²) in [7, 11) is 2.08. The standard InChI is InChI=1S/C9H17N3/c1-12(6-2-5-10)9-4-3-8(11)7-9/h8-9H,2-4,6-7,11H2,1H3. The van der Waals surface area contributed by atoms with Crippen LogP contribution >= 0.6 is 0 Å². The largest absolute Gasteiger partial charge is 0.328 e. The second-order valence-corrected chi connectivity index (χ2v) is 3.62. The third-order valence-corrected chi connectivity index (χ3v) is 2.65. The third kappa shape index (κ3) is 2.47. The lowest BCUT2D eigenvalue weighted by molar-refractivity contribution is 0.249. The van der Waals surface area contributed by atoms with Crippen molar-refractivity contribution >= 4 is 0 Å². The third-order valence-electron chi connectivity index (χ3n) is 2.65. The van der Waals surface area contributed by atoms with Gasteiger partial charge in [0.05, 0.1) is 6.07 Å². The Morgan fingerprint density at radius 2 is 2.33 bits per heavy atom. The van der Waals surface area contributed by atoms with Crippen molar-refractivity contribution < 1.29 is 0 Å². The summed E-state index contributed by atoms with van der Waals surface area (Å²) in [6.07, 6.45) is 4.06. The fourth-order valence-electron chi connectivity index (χ4n) is 1.80. The molecule has 0 aromatic heterocycles.